The molecule has 0 fully saturated rings. The second kappa shape index (κ2) is 20.5. The van der Waals surface area contributed by atoms with Crippen molar-refractivity contribution in [1.82, 2.24) is 0 Å². The van der Waals surface area contributed by atoms with E-state index in [1.807, 2.05) is 13.8 Å². The Morgan fingerprint density at radius 2 is 0.941 bits per heavy atom. The summed E-state index contributed by atoms with van der Waals surface area (Å²) in [6.45, 7) is 22.3. The van der Waals surface area contributed by atoms with E-state index in [2.05, 4.69) is 109 Å². The first-order valence-corrected chi connectivity index (χ1v) is 11.4. The zero-order chi connectivity index (χ0) is 22.8. The SMILES string of the molecule is CC.Cc1cc2c(C(C)C)cccc2[cH-]1.Cc1cc2c(C(C)C)cccc2[cH-]1.Cl.Cl.[CH2-]C.[Si].[Zr+3]. The van der Waals surface area contributed by atoms with Gasteiger partial charge in [0.2, 0.25) is 0 Å². The van der Waals surface area contributed by atoms with Gasteiger partial charge in [-0.15, -0.1) is 93.9 Å². The van der Waals surface area contributed by atoms with Gasteiger partial charge in [-0.3, -0.25) is 0 Å². The van der Waals surface area contributed by atoms with Gasteiger partial charge in [0, 0.05) is 11.0 Å². The maximum atomic E-state index is 3.25. The summed E-state index contributed by atoms with van der Waals surface area (Å²) in [5, 5.41) is 5.61. The Morgan fingerprint density at radius 3 is 1.21 bits per heavy atom. The van der Waals surface area contributed by atoms with Gasteiger partial charge in [0.25, 0.3) is 0 Å². The molecule has 185 valence electrons. The van der Waals surface area contributed by atoms with Crippen LogP contribution in [0.1, 0.15) is 82.6 Å². The van der Waals surface area contributed by atoms with Crippen LogP contribution in [0.25, 0.3) is 21.5 Å². The van der Waals surface area contributed by atoms with E-state index < -0.39 is 0 Å². The van der Waals surface area contributed by atoms with Gasteiger partial charge in [0.05, 0.1) is 0 Å². The molecule has 4 rings (SSSR count). The van der Waals surface area contributed by atoms with Crippen LogP contribution >= 0.6 is 24.8 Å². The van der Waals surface area contributed by atoms with Crippen molar-refractivity contribution in [3.8, 4) is 0 Å². The molecule has 34 heavy (non-hydrogen) atoms. The Labute approximate surface area is 246 Å². The quantitative estimate of drug-likeness (QED) is 0.160. The molecule has 0 N–H and O–H groups in total. The zero-order valence-corrected chi connectivity index (χ0v) is 27.5. The number of hydrogen-bond donors (Lipinski definition) is 0. The first-order chi connectivity index (χ1) is 14.4. The second-order valence-corrected chi connectivity index (χ2v) is 8.08. The molecule has 0 nitrogen and oxygen atoms in total. The van der Waals surface area contributed by atoms with Gasteiger partial charge in [0.1, 0.15) is 0 Å². The van der Waals surface area contributed by atoms with Gasteiger partial charge in [0.15, 0.2) is 0 Å². The minimum atomic E-state index is 0. The maximum Gasteiger partial charge on any atom is 3.00 e. The fourth-order valence-electron chi connectivity index (χ4n) is 3.82. The summed E-state index contributed by atoms with van der Waals surface area (Å²) in [5.41, 5.74) is 5.66. The van der Waals surface area contributed by atoms with Crippen LogP contribution in [0.5, 0.6) is 0 Å². The summed E-state index contributed by atoms with van der Waals surface area (Å²) in [4.78, 5) is 0. The first-order valence-electron chi connectivity index (χ1n) is 11.4. The average molecular weight is 594 g/mol. The predicted octanol–water partition coefficient (Wildman–Crippen LogP) is 10.3. The topological polar surface area (TPSA) is 0 Å². The van der Waals surface area contributed by atoms with Crippen molar-refractivity contribution < 1.29 is 26.2 Å². The van der Waals surface area contributed by atoms with E-state index in [1.54, 1.807) is 6.92 Å². The summed E-state index contributed by atoms with van der Waals surface area (Å²) < 4.78 is 0. The van der Waals surface area contributed by atoms with E-state index in [4.69, 9.17) is 0 Å². The van der Waals surface area contributed by atoms with Gasteiger partial charge in [-0.25, -0.2) is 0 Å². The molecule has 0 spiro atoms. The second-order valence-electron chi connectivity index (χ2n) is 8.08. The van der Waals surface area contributed by atoms with E-state index in [9.17, 15) is 0 Å². The van der Waals surface area contributed by atoms with Crippen LogP contribution in [0, 0.1) is 20.8 Å². The van der Waals surface area contributed by atoms with E-state index in [1.165, 1.54) is 43.8 Å². The number of fused-ring (bicyclic) bond motifs is 2. The Hall–Kier alpha value is -0.660. The molecule has 0 aliphatic heterocycles. The van der Waals surface area contributed by atoms with Gasteiger partial charge >= 0.3 is 26.2 Å². The van der Waals surface area contributed by atoms with Crippen molar-refractivity contribution in [3.05, 3.63) is 89.8 Å². The number of rotatable bonds is 2. The Morgan fingerprint density at radius 1 is 0.647 bits per heavy atom. The number of aryl methyl sites for hydroxylation is 2. The Kier molecular flexibility index (Phi) is 24.5. The molecule has 4 heteroatoms. The molecule has 0 aliphatic carbocycles. The van der Waals surface area contributed by atoms with Crippen LogP contribution in [0.15, 0.2) is 60.7 Å². The molecule has 0 atom stereocenters. The van der Waals surface area contributed by atoms with Crippen molar-refractivity contribution in [2.75, 3.05) is 0 Å². The fraction of sp³-hybridized carbons (Fsp3) is 0.367. The normalized spacial score (nSPS) is 9.06. The van der Waals surface area contributed by atoms with Crippen LogP contribution in [0.2, 0.25) is 0 Å². The third-order valence-corrected chi connectivity index (χ3v) is 5.10. The van der Waals surface area contributed by atoms with Crippen LogP contribution in [0.3, 0.4) is 0 Å². The van der Waals surface area contributed by atoms with E-state index >= 15 is 0 Å². The third kappa shape index (κ3) is 10.9. The molecule has 5 radical (unpaired) electrons. The molecule has 0 unspecified atom stereocenters. The summed E-state index contributed by atoms with van der Waals surface area (Å²) in [7, 11) is 0. The molecule has 0 saturated heterocycles. The molecule has 4 aromatic rings. The summed E-state index contributed by atoms with van der Waals surface area (Å²) in [6, 6.07) is 22.2. The summed E-state index contributed by atoms with van der Waals surface area (Å²) in [5.74, 6) is 1.23. The van der Waals surface area contributed by atoms with Crippen molar-refractivity contribution in [3.63, 3.8) is 0 Å². The Balaban J connectivity index is -0.000000209. The maximum absolute atomic E-state index is 3.25. The van der Waals surface area contributed by atoms with Crippen LogP contribution in [-0.4, -0.2) is 11.0 Å². The summed E-state index contributed by atoms with van der Waals surface area (Å²) in [6.07, 6.45) is 0. The van der Waals surface area contributed by atoms with Gasteiger partial charge in [-0.2, -0.15) is 19.1 Å². The Bertz CT molecular complexity index is 945. The largest absolute Gasteiger partial charge is 3.00 e. The van der Waals surface area contributed by atoms with E-state index in [0.29, 0.717) is 11.8 Å². The van der Waals surface area contributed by atoms with Crippen molar-refractivity contribution in [1.29, 1.82) is 0 Å². The predicted molar refractivity (Wildman–Crippen MR) is 159 cm³/mol. The average Bonchev–Trinajstić information content (AvgIpc) is 3.31. The van der Waals surface area contributed by atoms with Crippen LogP contribution in [-0.2, 0) is 26.2 Å². The van der Waals surface area contributed by atoms with E-state index in [0.717, 1.165) is 0 Å². The number of benzene rings is 2. The standard InChI is InChI=1S/2C13H15.C2H6.C2H5.2ClH.Si.Zr/c2*1-9(2)12-6-4-5-11-7-10(3)8-13(11)12;2*1-2;;;;/h2*4-9H,1-3H3;1-2H3;1H2,2H3;2*1H;;/q2*-1;;-1;;;;+3. The minimum absolute atomic E-state index is 0. The van der Waals surface area contributed by atoms with Gasteiger partial charge in [-0.05, 0) is 11.8 Å². The van der Waals surface area contributed by atoms with Gasteiger partial charge < -0.3 is 6.92 Å². The van der Waals surface area contributed by atoms with Crippen LogP contribution < -0.4 is 0 Å². The fourth-order valence-corrected chi connectivity index (χ4v) is 3.82. The van der Waals surface area contributed by atoms with E-state index in [-0.39, 0.29) is 62.0 Å². The van der Waals surface area contributed by atoms with Crippen molar-refractivity contribution in [2.24, 2.45) is 0 Å². The number of hydrogen-bond acceptors (Lipinski definition) is 0. The van der Waals surface area contributed by atoms with Crippen LogP contribution in [0.4, 0.5) is 0 Å². The molecule has 0 aliphatic rings. The zero-order valence-electron chi connectivity index (χ0n) is 22.5. The molecule has 0 saturated carbocycles. The summed E-state index contributed by atoms with van der Waals surface area (Å²) >= 11 is 0. The number of halogens is 2. The third-order valence-electron chi connectivity index (χ3n) is 5.10. The molecule has 0 heterocycles. The molecule has 0 bridgehead atoms. The minimum Gasteiger partial charge on any atom is -0.346 e. The van der Waals surface area contributed by atoms with Gasteiger partial charge in [-0.1, -0.05) is 78.6 Å². The van der Waals surface area contributed by atoms with Crippen molar-refractivity contribution >= 4 is 57.3 Å². The monoisotopic (exact) mass is 591 g/mol. The molecular formula is C30H43Cl2SiZr. The molecule has 4 aromatic carbocycles. The smallest absolute Gasteiger partial charge is 0.346 e. The molecule has 0 aromatic heterocycles. The molecule has 0 amide bonds. The first kappa shape index (κ1) is 40.5. The molecular weight excluding hydrogens is 551 g/mol. The van der Waals surface area contributed by atoms with Crippen molar-refractivity contribution in [2.45, 2.75) is 74.1 Å².